The number of aryl methyl sites for hydroxylation is 1. The molecular formula is C20H24O4. The molecule has 0 bridgehead atoms. The van der Waals surface area contributed by atoms with Gasteiger partial charge in [-0.3, -0.25) is 4.79 Å². The summed E-state index contributed by atoms with van der Waals surface area (Å²) >= 11 is 0. The second-order valence-electron chi connectivity index (χ2n) is 7.75. The lowest BCUT2D eigenvalue weighted by Crippen LogP contribution is -2.42. The highest BCUT2D eigenvalue weighted by Crippen LogP contribution is 2.59. The summed E-state index contributed by atoms with van der Waals surface area (Å²) in [5.41, 5.74) is 2.60. The molecule has 1 aromatic rings. The summed E-state index contributed by atoms with van der Waals surface area (Å²) in [6, 6.07) is 5.96. The van der Waals surface area contributed by atoms with Crippen LogP contribution in [0.15, 0.2) is 18.2 Å². The number of fused-ring (bicyclic) bond motifs is 5. The van der Waals surface area contributed by atoms with Crippen molar-refractivity contribution in [2.45, 2.75) is 51.4 Å². The number of hydrogen-bond donors (Lipinski definition) is 0. The zero-order valence-corrected chi connectivity index (χ0v) is 14.3. The minimum absolute atomic E-state index is 0.0768. The Kier molecular flexibility index (Phi) is 3.66. The van der Waals surface area contributed by atoms with Crippen molar-refractivity contribution in [2.75, 3.05) is 7.11 Å². The summed E-state index contributed by atoms with van der Waals surface area (Å²) in [5, 5.41) is 0. The highest BCUT2D eigenvalue weighted by atomic mass is 16.7. The zero-order chi connectivity index (χ0) is 16.9. The number of methoxy groups -OCH3 is 1. The van der Waals surface area contributed by atoms with Gasteiger partial charge in [0.05, 0.1) is 7.11 Å². The molecule has 24 heavy (non-hydrogen) atoms. The van der Waals surface area contributed by atoms with Crippen LogP contribution in [0.4, 0.5) is 4.79 Å². The number of ether oxygens (including phenoxy) is 2. The molecule has 2 saturated carbocycles. The summed E-state index contributed by atoms with van der Waals surface area (Å²) in [6.45, 7) is 2.20. The smallest absolute Gasteiger partial charge is 0.437 e. The molecule has 3 aliphatic rings. The van der Waals surface area contributed by atoms with E-state index in [4.69, 9.17) is 4.74 Å². The molecule has 1 aromatic carbocycles. The zero-order valence-electron chi connectivity index (χ0n) is 14.3. The fourth-order valence-corrected chi connectivity index (χ4v) is 5.53. The molecule has 0 heterocycles. The van der Waals surface area contributed by atoms with Crippen molar-refractivity contribution >= 4 is 11.9 Å². The predicted molar refractivity (Wildman–Crippen MR) is 89.1 cm³/mol. The van der Waals surface area contributed by atoms with Crippen LogP contribution in [0.5, 0.6) is 5.75 Å². The normalized spacial score (nSPS) is 34.1. The maximum Gasteiger partial charge on any atom is 0.513 e. The van der Waals surface area contributed by atoms with Gasteiger partial charge in [0.1, 0.15) is 11.5 Å². The minimum Gasteiger partial charge on any atom is -0.437 e. The molecule has 0 saturated heterocycles. The highest BCUT2D eigenvalue weighted by molar-refractivity contribution is 5.87. The molecule has 3 aliphatic carbocycles. The fourth-order valence-electron chi connectivity index (χ4n) is 5.53. The number of benzene rings is 1. The fraction of sp³-hybridized carbons (Fsp3) is 0.600. The van der Waals surface area contributed by atoms with Crippen molar-refractivity contribution in [3.8, 4) is 5.75 Å². The minimum atomic E-state index is -0.679. The van der Waals surface area contributed by atoms with Crippen LogP contribution in [0.3, 0.4) is 0 Å². The second kappa shape index (κ2) is 5.61. The summed E-state index contributed by atoms with van der Waals surface area (Å²) in [4.78, 5) is 23.7. The Morgan fingerprint density at radius 1 is 1.21 bits per heavy atom. The van der Waals surface area contributed by atoms with Crippen molar-refractivity contribution in [1.29, 1.82) is 0 Å². The Labute approximate surface area is 142 Å². The van der Waals surface area contributed by atoms with Crippen LogP contribution in [-0.2, 0) is 16.0 Å². The van der Waals surface area contributed by atoms with Crippen LogP contribution >= 0.6 is 0 Å². The van der Waals surface area contributed by atoms with E-state index in [-0.39, 0.29) is 5.41 Å². The predicted octanol–water partition coefficient (Wildman–Crippen LogP) is 4.26. The van der Waals surface area contributed by atoms with Crippen molar-refractivity contribution in [3.63, 3.8) is 0 Å². The Bertz CT molecular complexity index is 695. The Morgan fingerprint density at radius 3 is 2.83 bits per heavy atom. The van der Waals surface area contributed by atoms with Gasteiger partial charge in [-0.1, -0.05) is 13.0 Å². The summed E-state index contributed by atoms with van der Waals surface area (Å²) in [5.74, 6) is 2.75. The van der Waals surface area contributed by atoms with Gasteiger partial charge in [0.2, 0.25) is 0 Å². The summed E-state index contributed by atoms with van der Waals surface area (Å²) in [7, 11) is 1.31. The lowest BCUT2D eigenvalue weighted by atomic mass is 9.55. The van der Waals surface area contributed by atoms with Crippen LogP contribution in [0, 0.1) is 17.3 Å². The first-order valence-corrected chi connectivity index (χ1v) is 8.95. The SMILES string of the molecule is COC(=O)Oc1ccc2c(c1)CC[C@@H]1[C@H]2CC[C@]2(C)C(=O)CC[C@@H]12. The van der Waals surface area contributed by atoms with Crippen molar-refractivity contribution in [1.82, 2.24) is 0 Å². The van der Waals surface area contributed by atoms with E-state index in [9.17, 15) is 9.59 Å². The van der Waals surface area contributed by atoms with Crippen LogP contribution in [0.1, 0.15) is 56.1 Å². The maximum absolute atomic E-state index is 12.4. The largest absolute Gasteiger partial charge is 0.513 e. The van der Waals surface area contributed by atoms with Crippen LogP contribution in [0.25, 0.3) is 0 Å². The van der Waals surface area contributed by atoms with Crippen molar-refractivity contribution in [3.05, 3.63) is 29.3 Å². The van der Waals surface area contributed by atoms with E-state index in [0.717, 1.165) is 38.5 Å². The summed E-state index contributed by atoms with van der Waals surface area (Å²) < 4.78 is 9.72. The number of ketones is 1. The molecule has 4 atom stereocenters. The third kappa shape index (κ3) is 2.27. The molecule has 0 aliphatic heterocycles. The average Bonchev–Trinajstić information content (AvgIpc) is 2.89. The second-order valence-corrected chi connectivity index (χ2v) is 7.75. The Morgan fingerprint density at radius 2 is 2.04 bits per heavy atom. The molecule has 2 fully saturated rings. The third-order valence-corrected chi connectivity index (χ3v) is 6.77. The average molecular weight is 328 g/mol. The van der Waals surface area contributed by atoms with E-state index in [2.05, 4.69) is 17.7 Å². The lowest BCUT2D eigenvalue weighted by molar-refractivity contribution is -0.129. The molecule has 4 heteroatoms. The van der Waals surface area contributed by atoms with Crippen LogP contribution < -0.4 is 4.74 Å². The topological polar surface area (TPSA) is 52.6 Å². The Hall–Kier alpha value is -1.84. The van der Waals surface area contributed by atoms with E-state index < -0.39 is 6.16 Å². The van der Waals surface area contributed by atoms with E-state index in [1.807, 2.05) is 12.1 Å². The number of carbonyl (C=O) groups excluding carboxylic acids is 2. The number of rotatable bonds is 1. The van der Waals surface area contributed by atoms with Crippen LogP contribution in [-0.4, -0.2) is 19.0 Å². The lowest BCUT2D eigenvalue weighted by Gasteiger charge is -2.48. The number of hydrogen-bond acceptors (Lipinski definition) is 4. The molecular weight excluding hydrogens is 304 g/mol. The van der Waals surface area contributed by atoms with E-state index in [1.165, 1.54) is 18.2 Å². The highest BCUT2D eigenvalue weighted by Gasteiger charge is 2.54. The number of Topliss-reactive ketones (excluding diaryl/α,β-unsaturated/α-hetero) is 1. The van der Waals surface area contributed by atoms with Crippen molar-refractivity contribution < 1.29 is 19.1 Å². The monoisotopic (exact) mass is 328 g/mol. The summed E-state index contributed by atoms with van der Waals surface area (Å²) in [6.07, 6.45) is 5.38. The van der Waals surface area contributed by atoms with Gasteiger partial charge in [-0.15, -0.1) is 0 Å². The van der Waals surface area contributed by atoms with Crippen LogP contribution in [0.2, 0.25) is 0 Å². The first-order valence-electron chi connectivity index (χ1n) is 8.95. The van der Waals surface area contributed by atoms with E-state index in [1.54, 1.807) is 0 Å². The first-order chi connectivity index (χ1) is 11.5. The molecule has 4 rings (SSSR count). The van der Waals surface area contributed by atoms with Gasteiger partial charge in [-0.25, -0.2) is 4.79 Å². The van der Waals surface area contributed by atoms with Gasteiger partial charge in [0.25, 0.3) is 0 Å². The molecule has 0 spiro atoms. The Balaban J connectivity index is 1.61. The third-order valence-electron chi connectivity index (χ3n) is 6.77. The molecule has 0 aromatic heterocycles. The van der Waals surface area contributed by atoms with Gasteiger partial charge in [-0.05, 0) is 73.1 Å². The molecule has 4 nitrogen and oxygen atoms in total. The van der Waals surface area contributed by atoms with Crippen molar-refractivity contribution in [2.24, 2.45) is 17.3 Å². The van der Waals surface area contributed by atoms with Gasteiger partial charge in [0, 0.05) is 11.8 Å². The number of carbonyl (C=O) groups is 2. The molecule has 0 amide bonds. The van der Waals surface area contributed by atoms with Gasteiger partial charge >= 0.3 is 6.16 Å². The molecule has 0 radical (unpaired) electrons. The molecule has 128 valence electrons. The quantitative estimate of drug-likeness (QED) is 0.571. The maximum atomic E-state index is 12.4. The van der Waals surface area contributed by atoms with E-state index in [0.29, 0.717) is 29.3 Å². The van der Waals surface area contributed by atoms with E-state index >= 15 is 0 Å². The van der Waals surface area contributed by atoms with Gasteiger partial charge < -0.3 is 9.47 Å². The molecule has 0 unspecified atom stereocenters. The first kappa shape index (κ1) is 15.7. The van der Waals surface area contributed by atoms with Gasteiger partial charge in [-0.2, -0.15) is 0 Å². The molecule has 0 N–H and O–H groups in total. The standard InChI is InChI=1S/C20H24O4/c1-20-10-9-15-14-6-4-13(24-19(22)23-2)11-12(14)3-5-16(15)17(20)7-8-18(20)21/h4,6,11,15-17H,3,5,7-10H2,1-2H3/t15-,16+,17-,20-/m0/s1. The van der Waals surface area contributed by atoms with Gasteiger partial charge in [0.15, 0.2) is 0 Å².